The smallest absolute Gasteiger partial charge is 0.287 e. The maximum atomic E-state index is 11.8. The highest BCUT2D eigenvalue weighted by Crippen LogP contribution is 2.14. The van der Waals surface area contributed by atoms with Crippen LogP contribution >= 0.6 is 11.3 Å². The predicted molar refractivity (Wildman–Crippen MR) is 77.5 cm³/mol. The fourth-order valence-electron chi connectivity index (χ4n) is 1.57. The van der Waals surface area contributed by atoms with E-state index in [1.807, 2.05) is 11.4 Å². The molecule has 0 fully saturated rings. The molecule has 0 saturated carbocycles. The van der Waals surface area contributed by atoms with Gasteiger partial charge in [0.05, 0.1) is 13.2 Å². The van der Waals surface area contributed by atoms with Crippen molar-refractivity contribution in [1.29, 1.82) is 0 Å². The first kappa shape index (κ1) is 14.4. The molecule has 0 aromatic carbocycles. The summed E-state index contributed by atoms with van der Waals surface area (Å²) in [6.45, 7) is 2.32. The first-order chi connectivity index (χ1) is 9.69. The van der Waals surface area contributed by atoms with Crippen molar-refractivity contribution in [3.8, 4) is 11.8 Å². The number of hydrogen-bond donors (Lipinski definition) is 2. The first-order valence-corrected chi connectivity index (χ1v) is 7.09. The summed E-state index contributed by atoms with van der Waals surface area (Å²) >= 11 is 1.54. The van der Waals surface area contributed by atoms with Crippen LogP contribution in [-0.2, 0) is 6.54 Å². The van der Waals surface area contributed by atoms with Gasteiger partial charge in [-0.15, -0.1) is 11.3 Å². The van der Waals surface area contributed by atoms with E-state index in [9.17, 15) is 4.79 Å². The fourth-order valence-corrected chi connectivity index (χ4v) is 2.33. The number of thiophene rings is 1. The number of rotatable bonds is 4. The number of aryl methyl sites for hydroxylation is 1. The van der Waals surface area contributed by atoms with E-state index < -0.39 is 0 Å². The number of hydrogen-bond acceptors (Lipinski definition) is 4. The molecule has 2 aromatic rings. The molecule has 0 aliphatic carbocycles. The van der Waals surface area contributed by atoms with E-state index in [4.69, 9.17) is 9.52 Å². The van der Waals surface area contributed by atoms with Gasteiger partial charge in [0.15, 0.2) is 5.76 Å². The number of carbonyl (C=O) groups is 1. The summed E-state index contributed by atoms with van der Waals surface area (Å²) in [7, 11) is 0. The maximum absolute atomic E-state index is 11.8. The Morgan fingerprint density at radius 1 is 1.50 bits per heavy atom. The average molecular weight is 289 g/mol. The third kappa shape index (κ3) is 3.98. The number of nitrogens with one attached hydrogen (secondary N) is 1. The molecule has 2 heterocycles. The van der Waals surface area contributed by atoms with Crippen LogP contribution in [0.3, 0.4) is 0 Å². The third-order valence-corrected chi connectivity index (χ3v) is 3.45. The molecule has 2 aromatic heterocycles. The summed E-state index contributed by atoms with van der Waals surface area (Å²) in [5, 5.41) is 13.4. The molecule has 2 rings (SSSR count). The van der Waals surface area contributed by atoms with Gasteiger partial charge >= 0.3 is 0 Å². The summed E-state index contributed by atoms with van der Waals surface area (Å²) in [4.78, 5) is 12.8. The van der Waals surface area contributed by atoms with E-state index in [2.05, 4.69) is 17.2 Å². The Hall–Kier alpha value is -2.03. The van der Waals surface area contributed by atoms with Crippen LogP contribution in [0, 0.1) is 18.8 Å². The number of furan rings is 1. The number of amides is 1. The highest BCUT2D eigenvalue weighted by molar-refractivity contribution is 7.10. The van der Waals surface area contributed by atoms with Gasteiger partial charge in [0, 0.05) is 22.2 Å². The van der Waals surface area contributed by atoms with Crippen LogP contribution in [0.15, 0.2) is 28.0 Å². The second-order valence-corrected chi connectivity index (χ2v) is 5.17. The Morgan fingerprint density at radius 3 is 3.05 bits per heavy atom. The SMILES string of the molecule is Cc1ccc(C(=O)NCc2cc(C#CCCO)cs2)o1. The Labute approximate surface area is 121 Å². The van der Waals surface area contributed by atoms with Crippen LogP contribution in [-0.4, -0.2) is 17.6 Å². The predicted octanol–water partition coefficient (Wildman–Crippen LogP) is 2.31. The molecule has 0 aliphatic rings. The second-order valence-electron chi connectivity index (χ2n) is 4.17. The lowest BCUT2D eigenvalue weighted by Crippen LogP contribution is -2.21. The van der Waals surface area contributed by atoms with Crippen molar-refractivity contribution in [3.63, 3.8) is 0 Å². The van der Waals surface area contributed by atoms with Gasteiger partial charge in [0.1, 0.15) is 5.76 Å². The van der Waals surface area contributed by atoms with Gasteiger partial charge in [-0.25, -0.2) is 0 Å². The maximum Gasteiger partial charge on any atom is 0.287 e. The largest absolute Gasteiger partial charge is 0.456 e. The zero-order chi connectivity index (χ0) is 14.4. The summed E-state index contributed by atoms with van der Waals surface area (Å²) in [5.41, 5.74) is 0.904. The molecule has 4 nitrogen and oxygen atoms in total. The Kier molecular flexibility index (Phi) is 4.99. The van der Waals surface area contributed by atoms with Crippen molar-refractivity contribution >= 4 is 17.2 Å². The quantitative estimate of drug-likeness (QED) is 0.849. The molecule has 1 amide bonds. The molecule has 0 bridgehead atoms. The molecule has 0 spiro atoms. The zero-order valence-corrected chi connectivity index (χ0v) is 11.9. The fraction of sp³-hybridized carbons (Fsp3) is 0.267. The van der Waals surface area contributed by atoms with Crippen molar-refractivity contribution in [2.45, 2.75) is 19.9 Å². The van der Waals surface area contributed by atoms with Gasteiger partial charge in [-0.2, -0.15) is 0 Å². The standard InChI is InChI=1S/C15H15NO3S/c1-11-5-6-14(19-11)15(18)16-9-13-8-12(10-20-13)4-2-3-7-17/h5-6,8,10,17H,3,7,9H2,1H3,(H,16,18). The van der Waals surface area contributed by atoms with E-state index in [1.54, 1.807) is 19.1 Å². The van der Waals surface area contributed by atoms with Gasteiger partial charge < -0.3 is 14.8 Å². The van der Waals surface area contributed by atoms with Gasteiger partial charge in [-0.1, -0.05) is 11.8 Å². The lowest BCUT2D eigenvalue weighted by Gasteiger charge is -2.00. The van der Waals surface area contributed by atoms with E-state index >= 15 is 0 Å². The molecule has 0 aliphatic heterocycles. The third-order valence-electron chi connectivity index (χ3n) is 2.51. The topological polar surface area (TPSA) is 62.5 Å². The lowest BCUT2D eigenvalue weighted by molar-refractivity contribution is 0.0922. The van der Waals surface area contributed by atoms with Gasteiger partial charge in [-0.3, -0.25) is 4.79 Å². The van der Waals surface area contributed by atoms with E-state index in [1.165, 1.54) is 11.3 Å². The molecule has 20 heavy (non-hydrogen) atoms. The normalized spacial score (nSPS) is 9.90. The molecule has 0 atom stereocenters. The molecule has 0 saturated heterocycles. The number of aliphatic hydroxyl groups excluding tert-OH is 1. The van der Waals surface area contributed by atoms with Crippen LogP contribution in [0.4, 0.5) is 0 Å². The van der Waals surface area contributed by atoms with Crippen molar-refractivity contribution in [1.82, 2.24) is 5.32 Å². The van der Waals surface area contributed by atoms with Gasteiger partial charge in [0.25, 0.3) is 5.91 Å². The van der Waals surface area contributed by atoms with Crippen LogP contribution in [0.5, 0.6) is 0 Å². The minimum absolute atomic E-state index is 0.0720. The zero-order valence-electron chi connectivity index (χ0n) is 11.1. The van der Waals surface area contributed by atoms with Crippen LogP contribution in [0.1, 0.15) is 33.2 Å². The second kappa shape index (κ2) is 6.94. The van der Waals surface area contributed by atoms with Crippen molar-refractivity contribution in [3.05, 3.63) is 45.5 Å². The Balaban J connectivity index is 1.88. The average Bonchev–Trinajstić information content (AvgIpc) is 3.05. The summed E-state index contributed by atoms with van der Waals surface area (Å²) in [6.07, 6.45) is 0.472. The van der Waals surface area contributed by atoms with Gasteiger partial charge in [0.2, 0.25) is 0 Å². The first-order valence-electron chi connectivity index (χ1n) is 6.21. The highest BCUT2D eigenvalue weighted by atomic mass is 32.1. The van der Waals surface area contributed by atoms with Crippen molar-refractivity contribution < 1.29 is 14.3 Å². The molecule has 0 unspecified atom stereocenters. The number of aliphatic hydroxyl groups is 1. The summed E-state index contributed by atoms with van der Waals surface area (Å²) in [6, 6.07) is 5.35. The van der Waals surface area contributed by atoms with E-state index in [-0.39, 0.29) is 12.5 Å². The van der Waals surface area contributed by atoms with Crippen LogP contribution < -0.4 is 5.32 Å². The van der Waals surface area contributed by atoms with Crippen LogP contribution in [0.25, 0.3) is 0 Å². The minimum Gasteiger partial charge on any atom is -0.456 e. The van der Waals surface area contributed by atoms with Crippen molar-refractivity contribution in [2.24, 2.45) is 0 Å². The monoisotopic (exact) mass is 289 g/mol. The summed E-state index contributed by atoms with van der Waals surface area (Å²) in [5.74, 6) is 6.63. The van der Waals surface area contributed by atoms with Crippen molar-refractivity contribution in [2.75, 3.05) is 6.61 Å². The summed E-state index contributed by atoms with van der Waals surface area (Å²) < 4.78 is 5.25. The van der Waals surface area contributed by atoms with Gasteiger partial charge in [-0.05, 0) is 25.1 Å². The molecule has 5 heteroatoms. The Morgan fingerprint density at radius 2 is 2.35 bits per heavy atom. The van der Waals surface area contributed by atoms with E-state index in [0.717, 1.165) is 10.4 Å². The van der Waals surface area contributed by atoms with E-state index in [0.29, 0.717) is 24.5 Å². The molecular formula is C15H15NO3S. The molecule has 0 radical (unpaired) electrons. The minimum atomic E-state index is -0.223. The Bertz CT molecular complexity index is 645. The highest BCUT2D eigenvalue weighted by Gasteiger charge is 2.09. The molecular weight excluding hydrogens is 274 g/mol. The van der Waals surface area contributed by atoms with Crippen LogP contribution in [0.2, 0.25) is 0 Å². The molecule has 2 N–H and O–H groups in total. The number of carbonyl (C=O) groups excluding carboxylic acids is 1. The lowest BCUT2D eigenvalue weighted by atomic mass is 10.3. The molecule has 104 valence electrons.